The number of carbonyl (C=O) groups excluding carboxylic acids is 2. The van der Waals surface area contributed by atoms with E-state index in [2.05, 4.69) is 5.32 Å². The van der Waals surface area contributed by atoms with E-state index in [9.17, 15) is 9.59 Å². The van der Waals surface area contributed by atoms with Crippen LogP contribution in [0.2, 0.25) is 0 Å². The summed E-state index contributed by atoms with van der Waals surface area (Å²) in [4.78, 5) is 26.4. The van der Waals surface area contributed by atoms with Crippen molar-refractivity contribution in [3.05, 3.63) is 71.8 Å². The highest BCUT2D eigenvalue weighted by Gasteiger charge is 2.27. The molecule has 2 aromatic rings. The lowest BCUT2D eigenvalue weighted by molar-refractivity contribution is 0.0104. The summed E-state index contributed by atoms with van der Waals surface area (Å²) in [7, 11) is 0. The van der Waals surface area contributed by atoms with Crippen LogP contribution in [0.1, 0.15) is 50.8 Å². The number of alkyl carbamates (subject to hydrolysis) is 1. The smallest absolute Gasteiger partial charge is 0.410 e. The van der Waals surface area contributed by atoms with Crippen LogP contribution < -0.4 is 5.32 Å². The van der Waals surface area contributed by atoms with Crippen molar-refractivity contribution in [3.8, 4) is 0 Å². The van der Waals surface area contributed by atoms with Crippen molar-refractivity contribution in [2.24, 2.45) is 5.92 Å². The van der Waals surface area contributed by atoms with E-state index >= 15 is 0 Å². The lowest BCUT2D eigenvalue weighted by Crippen LogP contribution is -2.42. The maximum Gasteiger partial charge on any atom is 0.410 e. The molecule has 0 bridgehead atoms. The van der Waals surface area contributed by atoms with Crippen molar-refractivity contribution in [2.45, 2.75) is 51.9 Å². The Balaban J connectivity index is 1.45. The van der Waals surface area contributed by atoms with Crippen LogP contribution in [0, 0.1) is 5.92 Å². The van der Waals surface area contributed by atoms with Gasteiger partial charge in [0, 0.05) is 19.7 Å². The predicted octanol–water partition coefficient (Wildman–Crippen LogP) is 5.32. The van der Waals surface area contributed by atoms with Crippen LogP contribution in [0.25, 0.3) is 0 Å². The molecular weight excluding hydrogens is 432 g/mol. The second kappa shape index (κ2) is 12.4. The molecule has 0 saturated carbocycles. The van der Waals surface area contributed by atoms with E-state index in [0.717, 1.165) is 24.0 Å². The third-order valence-electron chi connectivity index (χ3n) is 5.61. The quantitative estimate of drug-likeness (QED) is 0.568. The molecule has 1 N–H and O–H groups in total. The van der Waals surface area contributed by atoms with Gasteiger partial charge in [-0.25, -0.2) is 9.59 Å². The van der Waals surface area contributed by atoms with Crippen molar-refractivity contribution in [1.29, 1.82) is 0 Å². The molecule has 1 fully saturated rings. The summed E-state index contributed by atoms with van der Waals surface area (Å²) in [6.07, 6.45) is 0.991. The SMILES string of the molecule is CC(C)(C)OC(=O)N1CCC(COC[C@H](NC(=O)OCc2ccccc2)c2ccccc2)CC1. The zero-order valence-corrected chi connectivity index (χ0v) is 20.4. The van der Waals surface area contributed by atoms with Gasteiger partial charge < -0.3 is 24.4 Å². The van der Waals surface area contributed by atoms with Gasteiger partial charge >= 0.3 is 12.2 Å². The maximum atomic E-state index is 12.4. The minimum absolute atomic E-state index is 0.214. The van der Waals surface area contributed by atoms with Crippen LogP contribution in [-0.2, 0) is 20.8 Å². The third-order valence-corrected chi connectivity index (χ3v) is 5.61. The van der Waals surface area contributed by atoms with Crippen LogP contribution in [0.3, 0.4) is 0 Å². The van der Waals surface area contributed by atoms with Crippen LogP contribution in [0.5, 0.6) is 0 Å². The number of amides is 2. The normalized spacial score (nSPS) is 15.4. The summed E-state index contributed by atoms with van der Waals surface area (Å²) in [5.41, 5.74) is 1.40. The van der Waals surface area contributed by atoms with Gasteiger partial charge in [0.25, 0.3) is 0 Å². The lowest BCUT2D eigenvalue weighted by Gasteiger charge is -2.33. The summed E-state index contributed by atoms with van der Waals surface area (Å²) in [6, 6.07) is 19.0. The van der Waals surface area contributed by atoms with E-state index in [-0.39, 0.29) is 18.7 Å². The molecule has 34 heavy (non-hydrogen) atoms. The summed E-state index contributed by atoms with van der Waals surface area (Å²) in [5, 5.41) is 2.93. The molecule has 0 aliphatic carbocycles. The number of nitrogens with zero attached hydrogens (tertiary/aromatic N) is 1. The third kappa shape index (κ3) is 8.71. The second-order valence-corrected chi connectivity index (χ2v) is 9.62. The van der Waals surface area contributed by atoms with E-state index in [1.165, 1.54) is 0 Å². The van der Waals surface area contributed by atoms with E-state index in [1.807, 2.05) is 81.4 Å². The molecule has 184 valence electrons. The Morgan fingerprint density at radius 3 is 2.24 bits per heavy atom. The minimum Gasteiger partial charge on any atom is -0.445 e. The Morgan fingerprint density at radius 2 is 1.62 bits per heavy atom. The fourth-order valence-corrected chi connectivity index (χ4v) is 3.77. The molecule has 7 nitrogen and oxygen atoms in total. The molecule has 1 saturated heterocycles. The number of benzene rings is 2. The number of carbonyl (C=O) groups is 2. The van der Waals surface area contributed by atoms with Gasteiger partial charge in [0.1, 0.15) is 12.2 Å². The molecule has 0 aromatic heterocycles. The first-order valence-corrected chi connectivity index (χ1v) is 11.9. The first kappa shape index (κ1) is 25.6. The van der Waals surface area contributed by atoms with E-state index in [0.29, 0.717) is 32.2 Å². The Kier molecular flexibility index (Phi) is 9.33. The highest BCUT2D eigenvalue weighted by Crippen LogP contribution is 2.21. The lowest BCUT2D eigenvalue weighted by atomic mass is 9.98. The molecule has 7 heteroatoms. The van der Waals surface area contributed by atoms with Gasteiger partial charge in [0.2, 0.25) is 0 Å². The highest BCUT2D eigenvalue weighted by molar-refractivity contribution is 5.68. The Hall–Kier alpha value is -3.06. The molecule has 0 unspecified atom stereocenters. The topological polar surface area (TPSA) is 77.1 Å². The summed E-state index contributed by atoms with van der Waals surface area (Å²) in [5.74, 6) is 0.361. The molecule has 3 rings (SSSR count). The highest BCUT2D eigenvalue weighted by atomic mass is 16.6. The Bertz CT molecular complexity index is 890. The molecule has 2 aromatic carbocycles. The van der Waals surface area contributed by atoms with Crippen molar-refractivity contribution in [1.82, 2.24) is 10.2 Å². The second-order valence-electron chi connectivity index (χ2n) is 9.62. The van der Waals surface area contributed by atoms with Crippen LogP contribution in [0.4, 0.5) is 9.59 Å². The average Bonchev–Trinajstić information content (AvgIpc) is 2.82. The molecule has 1 atom stereocenters. The fourth-order valence-electron chi connectivity index (χ4n) is 3.77. The van der Waals surface area contributed by atoms with E-state index in [1.54, 1.807) is 4.90 Å². The zero-order chi connectivity index (χ0) is 24.4. The molecular formula is C27H36N2O5. The van der Waals surface area contributed by atoms with E-state index in [4.69, 9.17) is 14.2 Å². The maximum absolute atomic E-state index is 12.4. The predicted molar refractivity (Wildman–Crippen MR) is 130 cm³/mol. The number of nitrogens with one attached hydrogen (secondary N) is 1. The van der Waals surface area contributed by atoms with Gasteiger partial charge in [0.05, 0.1) is 12.6 Å². The average molecular weight is 469 g/mol. The monoisotopic (exact) mass is 468 g/mol. The van der Waals surface area contributed by atoms with Crippen LogP contribution in [0.15, 0.2) is 60.7 Å². The number of likely N-dealkylation sites (tertiary alicyclic amines) is 1. The Labute approximate surface area is 202 Å². The van der Waals surface area contributed by atoms with Gasteiger partial charge in [-0.15, -0.1) is 0 Å². The van der Waals surface area contributed by atoms with Crippen molar-refractivity contribution in [2.75, 3.05) is 26.3 Å². The molecule has 1 heterocycles. The number of hydrogen-bond acceptors (Lipinski definition) is 5. The van der Waals surface area contributed by atoms with Crippen molar-refractivity contribution in [3.63, 3.8) is 0 Å². The summed E-state index contributed by atoms with van der Waals surface area (Å²) >= 11 is 0. The van der Waals surface area contributed by atoms with Gasteiger partial charge in [-0.2, -0.15) is 0 Å². The van der Waals surface area contributed by atoms with Gasteiger partial charge in [-0.3, -0.25) is 0 Å². The first-order valence-electron chi connectivity index (χ1n) is 11.9. The van der Waals surface area contributed by atoms with Crippen LogP contribution >= 0.6 is 0 Å². The fraction of sp³-hybridized carbons (Fsp3) is 0.481. The minimum atomic E-state index is -0.487. The first-order chi connectivity index (χ1) is 16.3. The standard InChI is InChI=1S/C27H36N2O5/c1-27(2,3)34-26(31)29-16-14-22(15-17-29)18-32-20-24(23-12-8-5-9-13-23)28-25(30)33-19-21-10-6-4-7-11-21/h4-13,22,24H,14-20H2,1-3H3,(H,28,30)/t24-/m0/s1. The van der Waals surface area contributed by atoms with E-state index < -0.39 is 11.7 Å². The molecule has 0 spiro atoms. The summed E-state index contributed by atoms with van der Waals surface area (Å²) < 4.78 is 16.9. The van der Waals surface area contributed by atoms with Gasteiger partial charge in [-0.05, 0) is 50.7 Å². The van der Waals surface area contributed by atoms with Crippen molar-refractivity contribution >= 4 is 12.2 Å². The Morgan fingerprint density at radius 1 is 1.00 bits per heavy atom. The van der Waals surface area contributed by atoms with Gasteiger partial charge in [-0.1, -0.05) is 60.7 Å². The molecule has 0 radical (unpaired) electrons. The number of hydrogen-bond donors (Lipinski definition) is 1. The zero-order valence-electron chi connectivity index (χ0n) is 20.4. The van der Waals surface area contributed by atoms with Crippen molar-refractivity contribution < 1.29 is 23.8 Å². The van der Waals surface area contributed by atoms with Gasteiger partial charge in [0.15, 0.2) is 0 Å². The number of ether oxygens (including phenoxy) is 3. The molecule has 2 amide bonds. The number of rotatable bonds is 8. The largest absolute Gasteiger partial charge is 0.445 e. The molecule has 1 aliphatic rings. The molecule has 1 aliphatic heterocycles. The van der Waals surface area contributed by atoms with Crippen LogP contribution in [-0.4, -0.2) is 49.0 Å². The summed E-state index contributed by atoms with van der Waals surface area (Å²) in [6.45, 7) is 8.08. The number of piperidine rings is 1.